The van der Waals surface area contributed by atoms with E-state index in [1.807, 2.05) is 34.6 Å². The molecule has 0 saturated carbocycles. The second kappa shape index (κ2) is 4.45. The van der Waals surface area contributed by atoms with Crippen LogP contribution in [-0.2, 0) is 9.63 Å². The van der Waals surface area contributed by atoms with E-state index in [4.69, 9.17) is 4.84 Å². The summed E-state index contributed by atoms with van der Waals surface area (Å²) in [5.74, 6) is 0.313. The van der Waals surface area contributed by atoms with E-state index in [0.29, 0.717) is 12.3 Å². The predicted octanol–water partition coefficient (Wildman–Crippen LogP) is 1.88. The van der Waals surface area contributed by atoms with Gasteiger partial charge in [-0.2, -0.15) is 0 Å². The van der Waals surface area contributed by atoms with Gasteiger partial charge >= 0.3 is 0 Å². The van der Waals surface area contributed by atoms with Gasteiger partial charge in [-0.15, -0.1) is 0 Å². The maximum absolute atomic E-state index is 11.1. The van der Waals surface area contributed by atoms with Gasteiger partial charge < -0.3 is 0 Å². The van der Waals surface area contributed by atoms with Crippen LogP contribution in [0, 0.1) is 5.92 Å². The largest absolute Gasteiger partial charge is 0.273 e. The number of nitrogens with one attached hydrogen (secondary N) is 1. The first-order valence-corrected chi connectivity index (χ1v) is 4.28. The first kappa shape index (κ1) is 11.4. The van der Waals surface area contributed by atoms with Gasteiger partial charge in [0.2, 0.25) is 5.91 Å². The van der Waals surface area contributed by atoms with Gasteiger partial charge in [0.05, 0.1) is 5.60 Å². The lowest BCUT2D eigenvalue weighted by atomic mass is 10.1. The van der Waals surface area contributed by atoms with E-state index in [9.17, 15) is 4.79 Å². The Morgan fingerprint density at radius 1 is 1.42 bits per heavy atom. The van der Waals surface area contributed by atoms with Gasteiger partial charge in [0, 0.05) is 6.42 Å². The van der Waals surface area contributed by atoms with Crippen LogP contribution in [0.5, 0.6) is 0 Å². The Morgan fingerprint density at radius 2 is 1.92 bits per heavy atom. The molecule has 0 radical (unpaired) electrons. The van der Waals surface area contributed by atoms with Crippen molar-refractivity contribution in [2.45, 2.75) is 46.6 Å². The summed E-state index contributed by atoms with van der Waals surface area (Å²) < 4.78 is 0. The molecule has 0 aromatic heterocycles. The maximum atomic E-state index is 11.1. The van der Waals surface area contributed by atoms with Crippen molar-refractivity contribution in [3.8, 4) is 0 Å². The van der Waals surface area contributed by atoms with Gasteiger partial charge in [0.15, 0.2) is 0 Å². The summed E-state index contributed by atoms with van der Waals surface area (Å²) in [5.41, 5.74) is 2.10. The Bertz CT molecular complexity index is 147. The van der Waals surface area contributed by atoms with E-state index in [2.05, 4.69) is 5.48 Å². The number of hydroxylamine groups is 1. The van der Waals surface area contributed by atoms with Crippen LogP contribution in [0.3, 0.4) is 0 Å². The second-order valence-corrected chi connectivity index (χ2v) is 4.34. The molecule has 0 rings (SSSR count). The Hall–Kier alpha value is -0.570. The van der Waals surface area contributed by atoms with E-state index in [1.54, 1.807) is 0 Å². The fraction of sp³-hybridized carbons (Fsp3) is 0.889. The molecule has 0 aliphatic rings. The number of carbonyl (C=O) groups excluding carboxylic acids is 1. The van der Waals surface area contributed by atoms with Crippen LogP contribution < -0.4 is 5.48 Å². The summed E-state index contributed by atoms with van der Waals surface area (Å²) in [6.07, 6.45) is 0.510. The van der Waals surface area contributed by atoms with Gasteiger partial charge in [-0.3, -0.25) is 9.63 Å². The van der Waals surface area contributed by atoms with Crippen molar-refractivity contribution in [2.75, 3.05) is 0 Å². The van der Waals surface area contributed by atoms with Crippen LogP contribution in [0.25, 0.3) is 0 Å². The molecule has 0 heterocycles. The third kappa shape index (κ3) is 7.54. The van der Waals surface area contributed by atoms with Crippen molar-refractivity contribution >= 4 is 5.91 Å². The van der Waals surface area contributed by atoms with E-state index in [-0.39, 0.29) is 11.5 Å². The van der Waals surface area contributed by atoms with Crippen LogP contribution in [0.1, 0.15) is 41.0 Å². The summed E-state index contributed by atoms with van der Waals surface area (Å²) in [5, 5.41) is 0. The van der Waals surface area contributed by atoms with Crippen LogP contribution in [0.4, 0.5) is 0 Å². The lowest BCUT2D eigenvalue weighted by Gasteiger charge is -2.19. The summed E-state index contributed by atoms with van der Waals surface area (Å²) in [4.78, 5) is 16.2. The first-order valence-electron chi connectivity index (χ1n) is 4.28. The van der Waals surface area contributed by atoms with Crippen molar-refractivity contribution < 1.29 is 9.63 Å². The molecule has 0 spiro atoms. The molecule has 0 aliphatic carbocycles. The summed E-state index contributed by atoms with van der Waals surface area (Å²) in [6, 6.07) is 0. The highest BCUT2D eigenvalue weighted by molar-refractivity contribution is 5.74. The summed E-state index contributed by atoms with van der Waals surface area (Å²) in [6.45, 7) is 9.67. The van der Waals surface area contributed by atoms with Gasteiger partial charge in [0.1, 0.15) is 0 Å². The summed E-state index contributed by atoms with van der Waals surface area (Å²) in [7, 11) is 0. The van der Waals surface area contributed by atoms with Crippen LogP contribution >= 0.6 is 0 Å². The maximum Gasteiger partial charge on any atom is 0.243 e. The molecule has 72 valence electrons. The van der Waals surface area contributed by atoms with Gasteiger partial charge in [-0.05, 0) is 26.7 Å². The molecule has 3 heteroatoms. The normalized spacial score (nSPS) is 11.8. The lowest BCUT2D eigenvalue weighted by molar-refractivity contribution is -0.146. The highest BCUT2D eigenvalue weighted by Gasteiger charge is 2.13. The zero-order valence-corrected chi connectivity index (χ0v) is 8.60. The highest BCUT2D eigenvalue weighted by atomic mass is 16.7. The van der Waals surface area contributed by atoms with Crippen LogP contribution in [0.15, 0.2) is 0 Å². The monoisotopic (exact) mass is 173 g/mol. The van der Waals surface area contributed by atoms with Crippen molar-refractivity contribution in [3.05, 3.63) is 0 Å². The molecule has 1 N–H and O–H groups in total. The van der Waals surface area contributed by atoms with Gasteiger partial charge in [0.25, 0.3) is 0 Å². The average molecular weight is 173 g/mol. The molecule has 0 bridgehead atoms. The zero-order chi connectivity index (χ0) is 9.78. The number of carbonyl (C=O) groups is 1. The number of hydrogen-bond acceptors (Lipinski definition) is 2. The third-order valence-corrected chi connectivity index (χ3v) is 1.06. The summed E-state index contributed by atoms with van der Waals surface area (Å²) >= 11 is 0. The molecule has 0 aromatic carbocycles. The van der Waals surface area contributed by atoms with Crippen LogP contribution in [-0.4, -0.2) is 11.5 Å². The van der Waals surface area contributed by atoms with E-state index in [0.717, 1.165) is 0 Å². The minimum Gasteiger partial charge on any atom is -0.273 e. The standard InChI is InChI=1S/C9H19NO2/c1-7(2)6-8(11)10-12-9(3,4)5/h7H,6H2,1-5H3,(H,10,11). The minimum atomic E-state index is -0.313. The molecule has 0 fully saturated rings. The molecular formula is C9H19NO2. The Kier molecular flexibility index (Phi) is 4.24. The van der Waals surface area contributed by atoms with Crippen LogP contribution in [0.2, 0.25) is 0 Å². The highest BCUT2D eigenvalue weighted by Crippen LogP contribution is 2.05. The molecule has 0 aliphatic heterocycles. The molecule has 1 amide bonds. The molecule has 0 unspecified atom stereocenters. The lowest BCUT2D eigenvalue weighted by Crippen LogP contribution is -2.33. The van der Waals surface area contributed by atoms with Gasteiger partial charge in [-0.25, -0.2) is 5.48 Å². The predicted molar refractivity (Wildman–Crippen MR) is 48.4 cm³/mol. The van der Waals surface area contributed by atoms with E-state index >= 15 is 0 Å². The fourth-order valence-electron chi connectivity index (χ4n) is 0.622. The molecule has 0 saturated heterocycles. The molecule has 0 aromatic rings. The SMILES string of the molecule is CC(C)CC(=O)NOC(C)(C)C. The quantitative estimate of drug-likeness (QED) is 0.662. The zero-order valence-electron chi connectivity index (χ0n) is 8.60. The first-order chi connectivity index (χ1) is 5.31. The Balaban J connectivity index is 3.58. The van der Waals surface area contributed by atoms with E-state index < -0.39 is 0 Å². The molecular weight excluding hydrogens is 154 g/mol. The Morgan fingerprint density at radius 3 is 2.25 bits per heavy atom. The average Bonchev–Trinajstić information content (AvgIpc) is 1.80. The fourth-order valence-corrected chi connectivity index (χ4v) is 0.622. The Labute approximate surface area is 74.4 Å². The minimum absolute atomic E-state index is 0.0556. The smallest absolute Gasteiger partial charge is 0.243 e. The topological polar surface area (TPSA) is 38.3 Å². The third-order valence-electron chi connectivity index (χ3n) is 1.06. The van der Waals surface area contributed by atoms with Crippen molar-refractivity contribution in [1.82, 2.24) is 5.48 Å². The number of rotatable bonds is 3. The van der Waals surface area contributed by atoms with Crippen molar-refractivity contribution in [1.29, 1.82) is 0 Å². The second-order valence-electron chi connectivity index (χ2n) is 4.34. The molecule has 3 nitrogen and oxygen atoms in total. The molecule has 0 atom stereocenters. The molecule has 12 heavy (non-hydrogen) atoms. The van der Waals surface area contributed by atoms with Crippen molar-refractivity contribution in [3.63, 3.8) is 0 Å². The van der Waals surface area contributed by atoms with E-state index in [1.165, 1.54) is 0 Å². The number of hydrogen-bond donors (Lipinski definition) is 1. The number of amides is 1. The van der Waals surface area contributed by atoms with Gasteiger partial charge in [-0.1, -0.05) is 13.8 Å². The van der Waals surface area contributed by atoms with Crippen molar-refractivity contribution in [2.24, 2.45) is 5.92 Å².